The first kappa shape index (κ1) is 11.3. The number of hydrogen-bond acceptors (Lipinski definition) is 3. The van der Waals surface area contributed by atoms with E-state index < -0.39 is 0 Å². The molecule has 0 amide bonds. The summed E-state index contributed by atoms with van der Waals surface area (Å²) in [6.07, 6.45) is 7.43. The molecule has 3 heteroatoms. The fourth-order valence-electron chi connectivity index (χ4n) is 3.65. The zero-order valence-electron chi connectivity index (χ0n) is 10.3. The van der Waals surface area contributed by atoms with Gasteiger partial charge in [-0.2, -0.15) is 0 Å². The van der Waals surface area contributed by atoms with Crippen molar-refractivity contribution >= 4 is 0 Å². The Hall–Kier alpha value is -0.800. The van der Waals surface area contributed by atoms with E-state index >= 15 is 0 Å². The van der Waals surface area contributed by atoms with Crippen LogP contribution in [0.4, 0.5) is 0 Å². The van der Waals surface area contributed by atoms with Crippen molar-refractivity contribution in [3.8, 4) is 0 Å². The normalized spacial score (nSPS) is 31.4. The predicted octanol–water partition coefficient (Wildman–Crippen LogP) is 2.40. The van der Waals surface area contributed by atoms with Crippen molar-refractivity contribution in [3.05, 3.63) is 24.2 Å². The quantitative estimate of drug-likeness (QED) is 0.873. The molecule has 2 aliphatic rings. The smallest absolute Gasteiger partial charge is 0.122 e. The lowest BCUT2D eigenvalue weighted by atomic mass is 9.77. The molecule has 17 heavy (non-hydrogen) atoms. The number of nitrogens with two attached hydrogens (primary N) is 1. The summed E-state index contributed by atoms with van der Waals surface area (Å²) in [6, 6.07) is 4.30. The van der Waals surface area contributed by atoms with Gasteiger partial charge in [-0.1, -0.05) is 6.42 Å². The molecule has 0 spiro atoms. The van der Waals surface area contributed by atoms with E-state index in [1.54, 1.807) is 6.26 Å². The molecule has 3 unspecified atom stereocenters. The van der Waals surface area contributed by atoms with E-state index in [-0.39, 0.29) is 6.04 Å². The van der Waals surface area contributed by atoms with Gasteiger partial charge in [0.05, 0.1) is 12.3 Å². The summed E-state index contributed by atoms with van der Waals surface area (Å²) in [5.74, 6) is 2.82. The minimum absolute atomic E-state index is 0.286. The summed E-state index contributed by atoms with van der Waals surface area (Å²) >= 11 is 0. The predicted molar refractivity (Wildman–Crippen MR) is 67.5 cm³/mol. The van der Waals surface area contributed by atoms with Gasteiger partial charge in [0.25, 0.3) is 0 Å². The lowest BCUT2D eigenvalue weighted by Gasteiger charge is -2.44. The van der Waals surface area contributed by atoms with Gasteiger partial charge in [-0.25, -0.2) is 0 Å². The number of hydrogen-bond donors (Lipinski definition) is 1. The Balaban J connectivity index is 1.74. The van der Waals surface area contributed by atoms with E-state index in [1.807, 2.05) is 6.07 Å². The number of furan rings is 1. The van der Waals surface area contributed by atoms with Crippen LogP contribution < -0.4 is 5.73 Å². The lowest BCUT2D eigenvalue weighted by Crippen LogP contribution is -2.46. The highest BCUT2D eigenvalue weighted by molar-refractivity contribution is 5.06. The lowest BCUT2D eigenvalue weighted by molar-refractivity contribution is 0.0480. The minimum atomic E-state index is 0.286. The summed E-state index contributed by atoms with van der Waals surface area (Å²) in [6.45, 7) is 3.07. The molecule has 0 radical (unpaired) electrons. The molecule has 2 heterocycles. The van der Waals surface area contributed by atoms with E-state index in [9.17, 15) is 0 Å². The van der Waals surface area contributed by atoms with Crippen LogP contribution in [0.5, 0.6) is 0 Å². The average Bonchev–Trinajstić information content (AvgIpc) is 2.83. The van der Waals surface area contributed by atoms with Crippen LogP contribution in [0.25, 0.3) is 0 Å². The fourth-order valence-corrected chi connectivity index (χ4v) is 3.65. The van der Waals surface area contributed by atoms with Crippen LogP contribution in [0, 0.1) is 11.8 Å². The third-order valence-electron chi connectivity index (χ3n) is 4.41. The van der Waals surface area contributed by atoms with Gasteiger partial charge in [-0.3, -0.25) is 4.90 Å². The van der Waals surface area contributed by atoms with Gasteiger partial charge in [0.15, 0.2) is 0 Å². The maximum atomic E-state index is 5.94. The Labute approximate surface area is 103 Å². The highest BCUT2D eigenvalue weighted by atomic mass is 16.3. The van der Waals surface area contributed by atoms with Crippen LogP contribution in [0.15, 0.2) is 22.8 Å². The maximum Gasteiger partial charge on any atom is 0.122 e. The molecule has 2 N–H and O–H groups in total. The van der Waals surface area contributed by atoms with Gasteiger partial charge < -0.3 is 10.2 Å². The second kappa shape index (κ2) is 4.83. The number of likely N-dealkylation sites (tertiary alicyclic amines) is 1. The van der Waals surface area contributed by atoms with Crippen molar-refractivity contribution in [1.29, 1.82) is 0 Å². The second-order valence-electron chi connectivity index (χ2n) is 5.62. The van der Waals surface area contributed by atoms with Crippen LogP contribution in [0.3, 0.4) is 0 Å². The molecule has 3 rings (SSSR count). The molecular weight excluding hydrogens is 212 g/mol. The van der Waals surface area contributed by atoms with Crippen molar-refractivity contribution in [2.24, 2.45) is 17.6 Å². The summed E-state index contributed by atoms with van der Waals surface area (Å²) in [5, 5.41) is 0. The molecule has 1 aromatic rings. The largest absolute Gasteiger partial charge is 0.468 e. The summed E-state index contributed by atoms with van der Waals surface area (Å²) in [4.78, 5) is 2.55. The molecule has 94 valence electrons. The van der Waals surface area contributed by atoms with Gasteiger partial charge in [0.2, 0.25) is 0 Å². The van der Waals surface area contributed by atoms with Gasteiger partial charge >= 0.3 is 0 Å². The van der Waals surface area contributed by atoms with Crippen LogP contribution in [-0.4, -0.2) is 24.5 Å². The Morgan fingerprint density at radius 2 is 2.12 bits per heavy atom. The molecule has 1 aliphatic carbocycles. The number of fused-ring (bicyclic) bond motifs is 2. The zero-order chi connectivity index (χ0) is 11.7. The first-order chi connectivity index (χ1) is 8.36. The number of rotatable bonds is 3. The number of nitrogens with zero attached hydrogens (tertiary/aromatic N) is 1. The monoisotopic (exact) mass is 234 g/mol. The van der Waals surface area contributed by atoms with Crippen LogP contribution in [0.2, 0.25) is 0 Å². The third-order valence-corrected chi connectivity index (χ3v) is 4.41. The van der Waals surface area contributed by atoms with Crippen LogP contribution >= 0.6 is 0 Å². The Morgan fingerprint density at radius 3 is 2.71 bits per heavy atom. The first-order valence-corrected chi connectivity index (χ1v) is 6.84. The Bertz CT molecular complexity index is 337. The maximum absolute atomic E-state index is 5.94. The van der Waals surface area contributed by atoms with Crippen molar-refractivity contribution < 1.29 is 4.42 Å². The molecule has 2 bridgehead atoms. The van der Waals surface area contributed by atoms with Gasteiger partial charge in [-0.15, -0.1) is 0 Å². The summed E-state index contributed by atoms with van der Waals surface area (Å²) in [7, 11) is 0. The van der Waals surface area contributed by atoms with Crippen molar-refractivity contribution in [3.63, 3.8) is 0 Å². The summed E-state index contributed by atoms with van der Waals surface area (Å²) in [5.41, 5.74) is 5.94. The van der Waals surface area contributed by atoms with Crippen molar-refractivity contribution in [2.45, 2.75) is 31.7 Å². The third kappa shape index (κ3) is 2.26. The fraction of sp³-hybridized carbons (Fsp3) is 0.714. The van der Waals surface area contributed by atoms with Gasteiger partial charge in [-0.05, 0) is 43.2 Å². The molecule has 1 aromatic heterocycles. The van der Waals surface area contributed by atoms with Crippen molar-refractivity contribution in [1.82, 2.24) is 4.90 Å². The molecule has 3 nitrogen and oxygen atoms in total. The number of piperidine rings is 1. The highest BCUT2D eigenvalue weighted by Crippen LogP contribution is 2.37. The van der Waals surface area contributed by atoms with E-state index in [0.29, 0.717) is 6.54 Å². The van der Waals surface area contributed by atoms with Crippen molar-refractivity contribution in [2.75, 3.05) is 19.6 Å². The van der Waals surface area contributed by atoms with Crippen LogP contribution in [0.1, 0.15) is 37.5 Å². The molecule has 3 atom stereocenters. The molecular formula is C14H22N2O. The minimum Gasteiger partial charge on any atom is -0.468 e. The molecule has 0 aromatic carbocycles. The zero-order valence-corrected chi connectivity index (χ0v) is 10.3. The van der Waals surface area contributed by atoms with E-state index in [0.717, 1.165) is 17.6 Å². The SMILES string of the molecule is NCC(c1ccco1)N1CC2CCCC(C2)C1. The highest BCUT2D eigenvalue weighted by Gasteiger charge is 2.34. The van der Waals surface area contributed by atoms with Gasteiger partial charge in [0, 0.05) is 19.6 Å². The molecule has 1 saturated carbocycles. The van der Waals surface area contributed by atoms with E-state index in [4.69, 9.17) is 10.2 Å². The average molecular weight is 234 g/mol. The van der Waals surface area contributed by atoms with Crippen LogP contribution in [-0.2, 0) is 0 Å². The second-order valence-corrected chi connectivity index (χ2v) is 5.62. The summed E-state index contributed by atoms with van der Waals surface area (Å²) < 4.78 is 5.54. The topological polar surface area (TPSA) is 42.4 Å². The van der Waals surface area contributed by atoms with E-state index in [1.165, 1.54) is 38.8 Å². The Morgan fingerprint density at radius 1 is 1.35 bits per heavy atom. The standard InChI is InChI=1S/C14H22N2O/c15-8-13(14-5-2-6-17-14)16-9-11-3-1-4-12(7-11)10-16/h2,5-6,11-13H,1,3-4,7-10,15H2. The first-order valence-electron chi connectivity index (χ1n) is 6.84. The Kier molecular flexibility index (Phi) is 3.21. The molecule has 1 saturated heterocycles. The molecule has 2 fully saturated rings. The molecule has 1 aliphatic heterocycles. The van der Waals surface area contributed by atoms with E-state index in [2.05, 4.69) is 11.0 Å². The van der Waals surface area contributed by atoms with Gasteiger partial charge in [0.1, 0.15) is 5.76 Å².